The number of carbonyl (C=O) groups excluding carboxylic acids is 1. The van der Waals surface area contributed by atoms with E-state index in [1.54, 1.807) is 0 Å². The minimum Gasteiger partial charge on any atom is -0.368 e. The van der Waals surface area contributed by atoms with Gasteiger partial charge in [0.15, 0.2) is 5.16 Å². The molecule has 3 aromatic rings. The van der Waals surface area contributed by atoms with E-state index in [0.717, 1.165) is 54.4 Å². The van der Waals surface area contributed by atoms with Crippen LogP contribution in [0.1, 0.15) is 30.7 Å². The van der Waals surface area contributed by atoms with Crippen molar-refractivity contribution in [1.29, 1.82) is 0 Å². The highest BCUT2D eigenvalue weighted by atomic mass is 35.5. The Morgan fingerprint density at radius 1 is 0.861 bits per heavy atom. The molecule has 2 aliphatic heterocycles. The Labute approximate surface area is 222 Å². The van der Waals surface area contributed by atoms with Crippen molar-refractivity contribution < 1.29 is 4.79 Å². The molecule has 1 aromatic heterocycles. The van der Waals surface area contributed by atoms with Gasteiger partial charge < -0.3 is 14.4 Å². The Balaban J connectivity index is 1.21. The number of thioether (sulfide) groups is 1. The Hall–Kier alpha value is -2.55. The van der Waals surface area contributed by atoms with Gasteiger partial charge in [-0.2, -0.15) is 0 Å². The molecule has 3 heterocycles. The van der Waals surface area contributed by atoms with Crippen molar-refractivity contribution in [2.75, 3.05) is 49.9 Å². The molecule has 5 rings (SSSR count). The van der Waals surface area contributed by atoms with Crippen LogP contribution in [0.4, 0.5) is 5.69 Å². The number of hydrogen-bond donors (Lipinski definition) is 0. The first-order valence-corrected chi connectivity index (χ1v) is 14.1. The van der Waals surface area contributed by atoms with E-state index >= 15 is 0 Å². The van der Waals surface area contributed by atoms with E-state index < -0.39 is 0 Å². The molecule has 9 heteroatoms. The Kier molecular flexibility index (Phi) is 8.46. The quantitative estimate of drug-likeness (QED) is 0.407. The SMILES string of the molecule is O=C(CSc1nnc(CN2CCCCC2)n1Cc1ccccc1)N1CCN(c2cccc(Cl)c2)CC1. The zero-order chi connectivity index (χ0) is 24.7. The summed E-state index contributed by atoms with van der Waals surface area (Å²) in [7, 11) is 0. The maximum absolute atomic E-state index is 13.1. The number of piperazine rings is 1. The fraction of sp³-hybridized carbons (Fsp3) is 0.444. The number of rotatable bonds is 8. The van der Waals surface area contributed by atoms with Crippen molar-refractivity contribution in [3.05, 3.63) is 71.0 Å². The van der Waals surface area contributed by atoms with Gasteiger partial charge in [0.2, 0.25) is 5.91 Å². The highest BCUT2D eigenvalue weighted by Crippen LogP contribution is 2.23. The first-order chi connectivity index (χ1) is 17.7. The summed E-state index contributed by atoms with van der Waals surface area (Å²) in [6, 6.07) is 18.3. The van der Waals surface area contributed by atoms with Gasteiger partial charge in [-0.1, -0.05) is 66.2 Å². The molecule has 36 heavy (non-hydrogen) atoms. The molecule has 7 nitrogen and oxygen atoms in total. The van der Waals surface area contributed by atoms with Crippen LogP contribution in [0.15, 0.2) is 59.8 Å². The number of halogens is 1. The molecule has 0 radical (unpaired) electrons. The number of anilines is 1. The van der Waals surface area contributed by atoms with Crippen LogP contribution in [0, 0.1) is 0 Å². The highest BCUT2D eigenvalue weighted by molar-refractivity contribution is 7.99. The molecule has 0 unspecified atom stereocenters. The second-order valence-electron chi connectivity index (χ2n) is 9.44. The van der Waals surface area contributed by atoms with Crippen molar-refractivity contribution in [2.45, 2.75) is 37.5 Å². The molecule has 190 valence electrons. The van der Waals surface area contributed by atoms with Gasteiger partial charge in [0, 0.05) is 36.9 Å². The van der Waals surface area contributed by atoms with Crippen LogP contribution in [0.2, 0.25) is 5.02 Å². The van der Waals surface area contributed by atoms with Crippen molar-refractivity contribution in [1.82, 2.24) is 24.6 Å². The summed E-state index contributed by atoms with van der Waals surface area (Å²) in [6.07, 6.45) is 3.80. The minimum atomic E-state index is 0.151. The third-order valence-electron chi connectivity index (χ3n) is 6.92. The second kappa shape index (κ2) is 12.1. The highest BCUT2D eigenvalue weighted by Gasteiger charge is 2.23. The van der Waals surface area contributed by atoms with Crippen molar-refractivity contribution in [3.63, 3.8) is 0 Å². The molecular formula is C27H33ClN6OS. The zero-order valence-corrected chi connectivity index (χ0v) is 22.1. The minimum absolute atomic E-state index is 0.151. The fourth-order valence-corrected chi connectivity index (χ4v) is 5.93. The summed E-state index contributed by atoms with van der Waals surface area (Å²) in [6.45, 7) is 6.78. The van der Waals surface area contributed by atoms with Gasteiger partial charge in [0.1, 0.15) is 5.82 Å². The predicted octanol–water partition coefficient (Wildman–Crippen LogP) is 4.41. The molecule has 2 aromatic carbocycles. The maximum Gasteiger partial charge on any atom is 0.233 e. The lowest BCUT2D eigenvalue weighted by atomic mass is 10.1. The van der Waals surface area contributed by atoms with Crippen LogP contribution in [0.5, 0.6) is 0 Å². The Bertz CT molecular complexity index is 1140. The Morgan fingerprint density at radius 3 is 2.39 bits per heavy atom. The summed E-state index contributed by atoms with van der Waals surface area (Å²) in [5, 5.41) is 10.6. The van der Waals surface area contributed by atoms with Crippen molar-refractivity contribution in [2.24, 2.45) is 0 Å². The number of carbonyl (C=O) groups is 1. The van der Waals surface area contributed by atoms with Crippen LogP contribution in [-0.2, 0) is 17.9 Å². The number of benzene rings is 2. The predicted molar refractivity (Wildman–Crippen MR) is 146 cm³/mol. The number of hydrogen-bond acceptors (Lipinski definition) is 6. The standard InChI is InChI=1S/C27H33ClN6OS/c28-23-10-7-11-24(18-23)32-14-16-33(17-15-32)26(35)21-36-27-30-29-25(20-31-12-5-2-6-13-31)34(27)19-22-8-3-1-4-9-22/h1,3-4,7-11,18H,2,5-6,12-17,19-21H2. The van der Waals surface area contributed by atoms with Crippen LogP contribution in [-0.4, -0.2) is 75.5 Å². The van der Waals surface area contributed by atoms with Gasteiger partial charge in [-0.25, -0.2) is 0 Å². The largest absolute Gasteiger partial charge is 0.368 e. The van der Waals surface area contributed by atoms with E-state index in [0.29, 0.717) is 25.4 Å². The molecule has 2 saturated heterocycles. The molecule has 0 spiro atoms. The van der Waals surface area contributed by atoms with Gasteiger partial charge in [0.25, 0.3) is 0 Å². The third-order valence-corrected chi connectivity index (χ3v) is 8.11. The number of amides is 1. The first-order valence-electron chi connectivity index (χ1n) is 12.8. The lowest BCUT2D eigenvalue weighted by molar-refractivity contribution is -0.128. The zero-order valence-electron chi connectivity index (χ0n) is 20.6. The van der Waals surface area contributed by atoms with Crippen molar-refractivity contribution in [3.8, 4) is 0 Å². The van der Waals surface area contributed by atoms with E-state index in [2.05, 4.69) is 54.9 Å². The first kappa shape index (κ1) is 25.1. The molecule has 2 aliphatic rings. The molecule has 0 atom stereocenters. The molecular weight excluding hydrogens is 492 g/mol. The third kappa shape index (κ3) is 6.41. The topological polar surface area (TPSA) is 57.5 Å². The lowest BCUT2D eigenvalue weighted by Gasteiger charge is -2.36. The number of aromatic nitrogens is 3. The average molecular weight is 525 g/mol. The number of piperidine rings is 1. The molecule has 1 amide bonds. The molecule has 0 N–H and O–H groups in total. The number of likely N-dealkylation sites (tertiary alicyclic amines) is 1. The van der Waals surface area contributed by atoms with Crippen molar-refractivity contribution >= 4 is 35.0 Å². The van der Waals surface area contributed by atoms with Gasteiger partial charge in [-0.3, -0.25) is 9.69 Å². The van der Waals surface area contributed by atoms with Crippen LogP contribution in [0.3, 0.4) is 0 Å². The van der Waals surface area contributed by atoms with E-state index in [1.165, 1.54) is 36.6 Å². The molecule has 0 saturated carbocycles. The summed E-state index contributed by atoms with van der Waals surface area (Å²) < 4.78 is 2.19. The Morgan fingerprint density at radius 2 is 1.64 bits per heavy atom. The summed E-state index contributed by atoms with van der Waals surface area (Å²) >= 11 is 7.65. The van der Waals surface area contributed by atoms with Crippen LogP contribution in [0.25, 0.3) is 0 Å². The van der Waals surface area contributed by atoms with Gasteiger partial charge in [0.05, 0.1) is 18.8 Å². The van der Waals surface area contributed by atoms with Gasteiger partial charge >= 0.3 is 0 Å². The molecule has 2 fully saturated rings. The maximum atomic E-state index is 13.1. The fourth-order valence-electron chi connectivity index (χ4n) is 4.89. The summed E-state index contributed by atoms with van der Waals surface area (Å²) in [5.74, 6) is 1.50. The van der Waals surface area contributed by atoms with E-state index in [-0.39, 0.29) is 5.91 Å². The second-order valence-corrected chi connectivity index (χ2v) is 10.8. The summed E-state index contributed by atoms with van der Waals surface area (Å²) in [4.78, 5) is 19.8. The molecule has 0 bridgehead atoms. The lowest BCUT2D eigenvalue weighted by Crippen LogP contribution is -2.49. The average Bonchev–Trinajstić information content (AvgIpc) is 3.29. The van der Waals surface area contributed by atoms with E-state index in [9.17, 15) is 4.79 Å². The normalized spacial score (nSPS) is 16.9. The smallest absolute Gasteiger partial charge is 0.233 e. The monoisotopic (exact) mass is 524 g/mol. The number of nitrogens with zero attached hydrogens (tertiary/aromatic N) is 6. The van der Waals surface area contributed by atoms with Crippen LogP contribution >= 0.6 is 23.4 Å². The van der Waals surface area contributed by atoms with E-state index in [1.807, 2.05) is 29.2 Å². The summed E-state index contributed by atoms with van der Waals surface area (Å²) in [5.41, 5.74) is 2.32. The van der Waals surface area contributed by atoms with Gasteiger partial charge in [-0.15, -0.1) is 10.2 Å². The van der Waals surface area contributed by atoms with E-state index in [4.69, 9.17) is 11.6 Å². The van der Waals surface area contributed by atoms with Gasteiger partial charge in [-0.05, 0) is 49.7 Å². The van der Waals surface area contributed by atoms with Crippen LogP contribution < -0.4 is 4.90 Å². The molecule has 0 aliphatic carbocycles.